The number of piperazine rings is 1. The Bertz CT molecular complexity index is 751. The van der Waals surface area contributed by atoms with Gasteiger partial charge in [-0.25, -0.2) is 4.98 Å². The average molecular weight is 346 g/mol. The average Bonchev–Trinajstić information content (AvgIpc) is 3.07. The molecule has 2 aromatic rings. The minimum absolute atomic E-state index is 0.103. The lowest BCUT2D eigenvalue weighted by atomic mass is 10.2. The van der Waals surface area contributed by atoms with Gasteiger partial charge in [0.05, 0.1) is 5.51 Å². The molecule has 1 aromatic heterocycles. The summed E-state index contributed by atoms with van der Waals surface area (Å²) in [5.74, 6) is 6.46. The fourth-order valence-corrected chi connectivity index (χ4v) is 3.35. The molecule has 0 spiro atoms. The van der Waals surface area contributed by atoms with Crippen molar-refractivity contribution in [3.63, 3.8) is 0 Å². The van der Waals surface area contributed by atoms with Gasteiger partial charge >= 0.3 is 0 Å². The van der Waals surface area contributed by atoms with E-state index < -0.39 is 0 Å². The third kappa shape index (κ3) is 3.84. The van der Waals surface area contributed by atoms with Gasteiger partial charge in [-0.05, 0) is 25.1 Å². The SMILES string of the molecule is C[C@@H]1CN(c2cscn2)CCN1C(=O)C#Cc1cccc(Cl)c1. The molecule has 1 aromatic carbocycles. The van der Waals surface area contributed by atoms with Crippen LogP contribution in [0.4, 0.5) is 5.82 Å². The van der Waals surface area contributed by atoms with E-state index in [0.29, 0.717) is 11.6 Å². The number of thiazole rings is 1. The standard InChI is InChI=1S/C17H16ClN3OS/c1-13-10-20(16-11-23-12-19-16)7-8-21(13)17(22)6-5-14-3-2-4-15(18)9-14/h2-4,9,11-13H,7-8,10H2,1H3/t13-/m1/s1. The zero-order valence-corrected chi connectivity index (χ0v) is 14.3. The van der Waals surface area contributed by atoms with Crippen LogP contribution in [0.25, 0.3) is 0 Å². The Morgan fingerprint density at radius 3 is 3.00 bits per heavy atom. The van der Waals surface area contributed by atoms with Gasteiger partial charge in [-0.15, -0.1) is 11.3 Å². The van der Waals surface area contributed by atoms with Crippen LogP contribution < -0.4 is 4.90 Å². The van der Waals surface area contributed by atoms with Gasteiger partial charge in [-0.2, -0.15) is 0 Å². The molecule has 1 saturated heterocycles. The largest absolute Gasteiger partial charge is 0.352 e. The van der Waals surface area contributed by atoms with Crippen LogP contribution in [-0.4, -0.2) is 41.5 Å². The molecule has 1 aliphatic heterocycles. The van der Waals surface area contributed by atoms with Crippen LogP contribution in [0.1, 0.15) is 12.5 Å². The summed E-state index contributed by atoms with van der Waals surface area (Å²) in [5.41, 5.74) is 2.58. The number of amides is 1. The maximum absolute atomic E-state index is 12.3. The molecule has 0 bridgehead atoms. The van der Waals surface area contributed by atoms with Gasteiger partial charge in [0.15, 0.2) is 0 Å². The maximum atomic E-state index is 12.3. The number of hydrogen-bond acceptors (Lipinski definition) is 4. The van der Waals surface area contributed by atoms with Gasteiger partial charge in [-0.3, -0.25) is 4.79 Å². The normalized spacial score (nSPS) is 17.6. The van der Waals surface area contributed by atoms with Gasteiger partial charge < -0.3 is 9.80 Å². The fraction of sp³-hybridized carbons (Fsp3) is 0.294. The molecule has 6 heteroatoms. The molecule has 0 aliphatic carbocycles. The van der Waals surface area contributed by atoms with Gasteiger partial charge in [0, 0.05) is 47.6 Å². The molecule has 0 unspecified atom stereocenters. The summed E-state index contributed by atoms with van der Waals surface area (Å²) in [6.07, 6.45) is 0. The first kappa shape index (κ1) is 15.9. The van der Waals surface area contributed by atoms with Crippen LogP contribution in [0.3, 0.4) is 0 Å². The zero-order valence-electron chi connectivity index (χ0n) is 12.7. The quantitative estimate of drug-likeness (QED) is 0.746. The Labute approximate surface area is 144 Å². The Morgan fingerprint density at radius 2 is 2.30 bits per heavy atom. The van der Waals surface area contributed by atoms with Crippen molar-refractivity contribution in [1.82, 2.24) is 9.88 Å². The highest BCUT2D eigenvalue weighted by atomic mass is 35.5. The van der Waals surface area contributed by atoms with Crippen molar-refractivity contribution in [3.8, 4) is 11.8 Å². The van der Waals surface area contributed by atoms with Crippen molar-refractivity contribution in [2.24, 2.45) is 0 Å². The molecule has 4 nitrogen and oxygen atoms in total. The molecule has 1 atom stereocenters. The van der Waals surface area contributed by atoms with E-state index in [9.17, 15) is 4.79 Å². The smallest absolute Gasteiger partial charge is 0.299 e. The molecule has 1 aliphatic rings. The van der Waals surface area contributed by atoms with Crippen LogP contribution >= 0.6 is 22.9 Å². The number of nitrogens with zero attached hydrogens (tertiary/aromatic N) is 3. The second kappa shape index (κ2) is 7.03. The number of anilines is 1. The van der Waals surface area contributed by atoms with Gasteiger partial charge in [0.2, 0.25) is 0 Å². The summed E-state index contributed by atoms with van der Waals surface area (Å²) in [4.78, 5) is 20.7. The van der Waals surface area contributed by atoms with E-state index in [1.807, 2.05) is 34.8 Å². The fourth-order valence-electron chi connectivity index (χ4n) is 2.59. The summed E-state index contributed by atoms with van der Waals surface area (Å²) >= 11 is 7.51. The van der Waals surface area contributed by atoms with Crippen molar-refractivity contribution < 1.29 is 4.79 Å². The number of aromatic nitrogens is 1. The van der Waals surface area contributed by atoms with Crippen molar-refractivity contribution in [3.05, 3.63) is 45.7 Å². The maximum Gasteiger partial charge on any atom is 0.299 e. The highest BCUT2D eigenvalue weighted by Gasteiger charge is 2.27. The molecule has 0 N–H and O–H groups in total. The van der Waals surface area contributed by atoms with E-state index in [1.54, 1.807) is 23.5 Å². The summed E-state index contributed by atoms with van der Waals surface area (Å²) in [6, 6.07) is 7.31. The summed E-state index contributed by atoms with van der Waals surface area (Å²) in [5, 5.41) is 2.65. The van der Waals surface area contributed by atoms with Crippen LogP contribution in [0.5, 0.6) is 0 Å². The summed E-state index contributed by atoms with van der Waals surface area (Å²) in [7, 11) is 0. The van der Waals surface area contributed by atoms with Crippen molar-refractivity contribution in [2.45, 2.75) is 13.0 Å². The molecule has 23 heavy (non-hydrogen) atoms. The first-order valence-corrected chi connectivity index (χ1v) is 8.67. The molecule has 1 amide bonds. The lowest BCUT2D eigenvalue weighted by molar-refractivity contribution is -0.127. The van der Waals surface area contributed by atoms with E-state index in [2.05, 4.69) is 21.7 Å². The van der Waals surface area contributed by atoms with E-state index in [0.717, 1.165) is 24.5 Å². The second-order valence-corrected chi connectivity index (χ2v) is 6.56. The molecule has 3 rings (SSSR count). The third-order valence-electron chi connectivity index (χ3n) is 3.77. The lowest BCUT2D eigenvalue weighted by Gasteiger charge is -2.39. The monoisotopic (exact) mass is 345 g/mol. The van der Waals surface area contributed by atoms with E-state index in [4.69, 9.17) is 11.6 Å². The Kier molecular flexibility index (Phi) is 4.85. The van der Waals surface area contributed by atoms with Crippen LogP contribution in [0, 0.1) is 11.8 Å². The van der Waals surface area contributed by atoms with Crippen molar-refractivity contribution in [1.29, 1.82) is 0 Å². The number of carbonyl (C=O) groups excluding carboxylic acids is 1. The first-order valence-electron chi connectivity index (χ1n) is 7.35. The highest BCUT2D eigenvalue weighted by Crippen LogP contribution is 2.19. The minimum Gasteiger partial charge on any atom is -0.352 e. The molecule has 2 heterocycles. The predicted molar refractivity (Wildman–Crippen MR) is 93.8 cm³/mol. The Hall–Kier alpha value is -2.03. The summed E-state index contributed by atoms with van der Waals surface area (Å²) < 4.78 is 0. The Morgan fingerprint density at radius 1 is 1.43 bits per heavy atom. The number of rotatable bonds is 1. The number of benzene rings is 1. The van der Waals surface area contributed by atoms with Gasteiger partial charge in [0.25, 0.3) is 5.91 Å². The number of halogens is 1. The highest BCUT2D eigenvalue weighted by molar-refractivity contribution is 7.07. The molecular formula is C17H16ClN3OS. The van der Waals surface area contributed by atoms with Crippen LogP contribution in [0.15, 0.2) is 35.2 Å². The molecule has 118 valence electrons. The first-order chi connectivity index (χ1) is 11.1. The minimum atomic E-state index is -0.143. The zero-order chi connectivity index (χ0) is 16.2. The Balaban J connectivity index is 1.65. The molecule has 1 fully saturated rings. The van der Waals surface area contributed by atoms with E-state index in [1.165, 1.54) is 0 Å². The lowest BCUT2D eigenvalue weighted by Crippen LogP contribution is -2.54. The van der Waals surface area contributed by atoms with E-state index in [-0.39, 0.29) is 11.9 Å². The molecule has 0 radical (unpaired) electrons. The number of carbonyl (C=O) groups is 1. The summed E-state index contributed by atoms with van der Waals surface area (Å²) in [6.45, 7) is 4.24. The van der Waals surface area contributed by atoms with E-state index >= 15 is 0 Å². The third-order valence-corrected chi connectivity index (χ3v) is 4.58. The van der Waals surface area contributed by atoms with Crippen LogP contribution in [-0.2, 0) is 4.79 Å². The predicted octanol–water partition coefficient (Wildman–Crippen LogP) is 2.89. The topological polar surface area (TPSA) is 36.4 Å². The van der Waals surface area contributed by atoms with Crippen molar-refractivity contribution >= 4 is 34.7 Å². The molecular weight excluding hydrogens is 330 g/mol. The van der Waals surface area contributed by atoms with Gasteiger partial charge in [-0.1, -0.05) is 23.6 Å². The molecule has 0 saturated carbocycles. The number of hydrogen-bond donors (Lipinski definition) is 0. The second-order valence-electron chi connectivity index (χ2n) is 5.40. The van der Waals surface area contributed by atoms with Crippen LogP contribution in [0.2, 0.25) is 5.02 Å². The van der Waals surface area contributed by atoms with Crippen molar-refractivity contribution in [2.75, 3.05) is 24.5 Å². The van der Waals surface area contributed by atoms with Gasteiger partial charge in [0.1, 0.15) is 5.82 Å².